The monoisotopic (exact) mass is 466 g/mol. The van der Waals surface area contributed by atoms with Crippen LogP contribution in [0.2, 0.25) is 0 Å². The van der Waals surface area contributed by atoms with Gasteiger partial charge in [-0.05, 0) is 60.4 Å². The third-order valence-corrected chi connectivity index (χ3v) is 9.48. The smallest absolute Gasteiger partial charge is 0.241 e. The van der Waals surface area contributed by atoms with Gasteiger partial charge < -0.3 is 0 Å². The molecule has 0 aliphatic carbocycles. The number of aromatic nitrogens is 1. The fourth-order valence-corrected chi connectivity index (χ4v) is 7.08. The van der Waals surface area contributed by atoms with Crippen LogP contribution in [0, 0.1) is 0 Å². The molecule has 8 heteroatoms. The van der Waals surface area contributed by atoms with E-state index in [-0.39, 0.29) is 9.79 Å². The predicted octanol–water partition coefficient (Wildman–Crippen LogP) is 4.33. The molecule has 164 valence electrons. The molecule has 0 radical (unpaired) electrons. The first-order chi connectivity index (χ1) is 15.4. The van der Waals surface area contributed by atoms with Crippen molar-refractivity contribution < 1.29 is 16.8 Å². The topological polar surface area (TPSA) is 76.5 Å². The maximum absolute atomic E-state index is 13.1. The highest BCUT2D eigenvalue weighted by Gasteiger charge is 2.27. The van der Waals surface area contributed by atoms with E-state index in [0.717, 1.165) is 29.4 Å². The summed E-state index contributed by atoms with van der Waals surface area (Å²) in [6.07, 6.45) is 3.34. The lowest BCUT2D eigenvalue weighted by atomic mass is 10.0. The van der Waals surface area contributed by atoms with Crippen molar-refractivity contribution in [1.82, 2.24) is 8.28 Å². The number of hydrogen-bond acceptors (Lipinski definition) is 4. The molecule has 1 fully saturated rings. The largest absolute Gasteiger partial charge is 0.268 e. The molecule has 0 atom stereocenters. The number of hydrogen-bond donors (Lipinski definition) is 0. The zero-order valence-corrected chi connectivity index (χ0v) is 18.9. The van der Waals surface area contributed by atoms with Gasteiger partial charge in [0.2, 0.25) is 10.0 Å². The van der Waals surface area contributed by atoms with Crippen LogP contribution in [-0.4, -0.2) is 38.2 Å². The summed E-state index contributed by atoms with van der Waals surface area (Å²) in [5.74, 6) is 0. The molecule has 1 aromatic heterocycles. The van der Waals surface area contributed by atoms with Gasteiger partial charge in [0.15, 0.2) is 0 Å². The molecular formula is C24H22N2O4S2. The summed E-state index contributed by atoms with van der Waals surface area (Å²) in [5, 5.41) is 0.780. The normalized spacial score (nSPS) is 15.4. The highest BCUT2D eigenvalue weighted by Crippen LogP contribution is 2.32. The Bertz CT molecular complexity index is 1480. The predicted molar refractivity (Wildman–Crippen MR) is 124 cm³/mol. The Labute approximate surface area is 187 Å². The third-order valence-electron chi connectivity index (χ3n) is 5.87. The Hall–Kier alpha value is -2.94. The van der Waals surface area contributed by atoms with Crippen molar-refractivity contribution in [1.29, 1.82) is 0 Å². The third kappa shape index (κ3) is 3.44. The van der Waals surface area contributed by atoms with Crippen LogP contribution in [0.4, 0.5) is 0 Å². The van der Waals surface area contributed by atoms with Gasteiger partial charge in [-0.1, -0.05) is 42.5 Å². The molecule has 1 aliphatic heterocycles. The van der Waals surface area contributed by atoms with Crippen LogP contribution in [0.15, 0.2) is 94.9 Å². The Morgan fingerprint density at radius 1 is 0.625 bits per heavy atom. The molecular weight excluding hydrogens is 444 g/mol. The van der Waals surface area contributed by atoms with E-state index < -0.39 is 20.0 Å². The van der Waals surface area contributed by atoms with Gasteiger partial charge in [0.25, 0.3) is 10.0 Å². The van der Waals surface area contributed by atoms with Crippen molar-refractivity contribution in [2.45, 2.75) is 22.6 Å². The molecule has 0 unspecified atom stereocenters. The van der Waals surface area contributed by atoms with Gasteiger partial charge in [-0.15, -0.1) is 0 Å². The molecule has 32 heavy (non-hydrogen) atoms. The minimum atomic E-state index is -3.72. The van der Waals surface area contributed by atoms with Crippen molar-refractivity contribution in [3.8, 4) is 11.1 Å². The van der Waals surface area contributed by atoms with E-state index in [1.54, 1.807) is 72.9 Å². The minimum Gasteiger partial charge on any atom is -0.241 e. The number of rotatable bonds is 5. The number of fused-ring (bicyclic) bond motifs is 1. The van der Waals surface area contributed by atoms with Crippen LogP contribution in [-0.2, 0) is 20.0 Å². The lowest BCUT2D eigenvalue weighted by molar-refractivity contribution is 0.477. The van der Waals surface area contributed by atoms with Crippen LogP contribution < -0.4 is 0 Å². The average molecular weight is 467 g/mol. The summed E-state index contributed by atoms with van der Waals surface area (Å²) < 4.78 is 54.7. The standard InChI is InChI=1S/C24H22N2O4S2/c27-31(28,25-16-4-5-17-25)21-13-11-19(12-14-21)22-9-6-10-24-23(22)15-18-26(24)32(29,30)20-7-2-1-3-8-20/h1-3,6-15,18H,4-5,16-17H2. The van der Waals surface area contributed by atoms with Crippen LogP contribution >= 0.6 is 0 Å². The first-order valence-corrected chi connectivity index (χ1v) is 13.3. The summed E-state index contributed by atoms with van der Waals surface area (Å²) in [5.41, 5.74) is 2.24. The quantitative estimate of drug-likeness (QED) is 0.439. The van der Waals surface area contributed by atoms with E-state index in [1.165, 1.54) is 8.28 Å². The number of sulfonamides is 1. The molecule has 6 nitrogen and oxygen atoms in total. The molecule has 1 saturated heterocycles. The van der Waals surface area contributed by atoms with Crippen molar-refractivity contribution in [3.05, 3.63) is 85.1 Å². The highest BCUT2D eigenvalue weighted by molar-refractivity contribution is 7.90. The summed E-state index contributed by atoms with van der Waals surface area (Å²) in [7, 11) is -7.20. The van der Waals surface area contributed by atoms with E-state index in [1.807, 2.05) is 12.1 Å². The van der Waals surface area contributed by atoms with E-state index >= 15 is 0 Å². The van der Waals surface area contributed by atoms with Crippen molar-refractivity contribution in [2.75, 3.05) is 13.1 Å². The van der Waals surface area contributed by atoms with Crippen LogP contribution in [0.25, 0.3) is 22.0 Å². The summed E-state index contributed by atoms with van der Waals surface area (Å²) in [6.45, 7) is 1.12. The molecule has 4 aromatic rings. The highest BCUT2D eigenvalue weighted by atomic mass is 32.2. The molecule has 0 bridgehead atoms. The van der Waals surface area contributed by atoms with Crippen molar-refractivity contribution in [3.63, 3.8) is 0 Å². The molecule has 0 amide bonds. The second kappa shape index (κ2) is 7.88. The lowest BCUT2D eigenvalue weighted by Crippen LogP contribution is -2.27. The number of nitrogens with zero attached hydrogens (tertiary/aromatic N) is 2. The fraction of sp³-hybridized carbons (Fsp3) is 0.167. The van der Waals surface area contributed by atoms with Crippen molar-refractivity contribution in [2.24, 2.45) is 0 Å². The van der Waals surface area contributed by atoms with Crippen LogP contribution in [0.1, 0.15) is 12.8 Å². The van der Waals surface area contributed by atoms with E-state index in [9.17, 15) is 16.8 Å². The van der Waals surface area contributed by atoms with Gasteiger partial charge in [0, 0.05) is 24.7 Å². The molecule has 3 aromatic carbocycles. The number of benzene rings is 3. The molecule has 5 rings (SSSR count). The first-order valence-electron chi connectivity index (χ1n) is 10.4. The SMILES string of the molecule is O=S(=O)(c1ccc(-c2cccc3c2ccn3S(=O)(=O)c2ccccc2)cc1)N1CCCC1. The second-order valence-electron chi connectivity index (χ2n) is 7.80. The summed E-state index contributed by atoms with van der Waals surface area (Å²) >= 11 is 0. The molecule has 0 saturated carbocycles. The van der Waals surface area contributed by atoms with Gasteiger partial charge in [-0.25, -0.2) is 20.8 Å². The fourth-order valence-electron chi connectivity index (χ4n) is 4.19. The zero-order chi connectivity index (χ0) is 22.3. The Morgan fingerprint density at radius 3 is 1.97 bits per heavy atom. The second-order valence-corrected chi connectivity index (χ2v) is 11.6. The average Bonchev–Trinajstić information content (AvgIpc) is 3.50. The van der Waals surface area contributed by atoms with E-state index in [4.69, 9.17) is 0 Å². The summed E-state index contributed by atoms with van der Waals surface area (Å²) in [4.78, 5) is 0.499. The molecule has 0 spiro atoms. The van der Waals surface area contributed by atoms with Crippen LogP contribution in [0.5, 0.6) is 0 Å². The zero-order valence-electron chi connectivity index (χ0n) is 17.3. The molecule has 2 heterocycles. The van der Waals surface area contributed by atoms with Gasteiger partial charge >= 0.3 is 0 Å². The Balaban J connectivity index is 1.55. The van der Waals surface area contributed by atoms with Crippen molar-refractivity contribution >= 4 is 30.9 Å². The van der Waals surface area contributed by atoms with Gasteiger partial charge in [0.1, 0.15) is 0 Å². The van der Waals surface area contributed by atoms with Gasteiger partial charge in [-0.2, -0.15) is 4.31 Å². The Morgan fingerprint density at radius 2 is 1.28 bits per heavy atom. The maximum Gasteiger partial charge on any atom is 0.268 e. The van der Waals surface area contributed by atoms with Gasteiger partial charge in [-0.3, -0.25) is 0 Å². The Kier molecular flexibility index (Phi) is 5.16. The van der Waals surface area contributed by atoms with E-state index in [2.05, 4.69) is 0 Å². The lowest BCUT2D eigenvalue weighted by Gasteiger charge is -2.15. The molecule has 1 aliphatic rings. The minimum absolute atomic E-state index is 0.222. The maximum atomic E-state index is 13.1. The van der Waals surface area contributed by atoms with E-state index in [0.29, 0.717) is 18.6 Å². The molecule has 0 N–H and O–H groups in total. The summed E-state index contributed by atoms with van der Waals surface area (Å²) in [6, 6.07) is 22.4. The van der Waals surface area contributed by atoms with Gasteiger partial charge in [0.05, 0.1) is 15.3 Å². The van der Waals surface area contributed by atoms with Crippen LogP contribution in [0.3, 0.4) is 0 Å². The first kappa shape index (κ1) is 20.9.